The molecule has 2 rings (SSSR count). The summed E-state index contributed by atoms with van der Waals surface area (Å²) < 4.78 is 0. The maximum absolute atomic E-state index is 8.95. The average Bonchev–Trinajstić information content (AvgIpc) is 2.48. The Morgan fingerprint density at radius 1 is 1.53 bits per heavy atom. The van der Waals surface area contributed by atoms with Crippen molar-refractivity contribution in [1.82, 2.24) is 10.3 Å². The van der Waals surface area contributed by atoms with E-state index in [1.165, 1.54) is 19.3 Å². The zero-order chi connectivity index (χ0) is 13.5. The second kappa shape index (κ2) is 7.10. The van der Waals surface area contributed by atoms with Gasteiger partial charge in [-0.15, -0.1) is 0 Å². The number of nitrogens with zero attached hydrogens (tertiary/aromatic N) is 3. The summed E-state index contributed by atoms with van der Waals surface area (Å²) in [6.45, 7) is 5.36. The lowest BCUT2D eigenvalue weighted by molar-refractivity contribution is 0.399. The van der Waals surface area contributed by atoms with Crippen molar-refractivity contribution >= 4 is 5.69 Å². The van der Waals surface area contributed by atoms with Crippen molar-refractivity contribution < 1.29 is 0 Å². The first-order chi connectivity index (χ1) is 9.33. The first-order valence-electron chi connectivity index (χ1n) is 7.18. The van der Waals surface area contributed by atoms with Crippen molar-refractivity contribution in [3.05, 3.63) is 24.0 Å². The van der Waals surface area contributed by atoms with Gasteiger partial charge in [-0.25, -0.2) is 4.98 Å². The van der Waals surface area contributed by atoms with E-state index in [0.717, 1.165) is 31.7 Å². The standard InChI is InChI=1S/C15H22N4/c1-2-9-19(12-13-5-3-4-7-17-13)15-6-8-18-14(10-15)11-16/h6,8,10,13,17H,2-5,7,9,12H2,1H3. The van der Waals surface area contributed by atoms with Gasteiger partial charge < -0.3 is 10.2 Å². The number of pyridine rings is 1. The monoisotopic (exact) mass is 258 g/mol. The third-order valence-electron chi connectivity index (χ3n) is 3.57. The first-order valence-corrected chi connectivity index (χ1v) is 7.18. The molecular formula is C15H22N4. The van der Waals surface area contributed by atoms with Gasteiger partial charge in [-0.05, 0) is 37.9 Å². The molecule has 1 unspecified atom stereocenters. The Kier molecular flexibility index (Phi) is 5.17. The molecule has 1 saturated heterocycles. The Bertz CT molecular complexity index is 432. The van der Waals surface area contributed by atoms with E-state index in [1.807, 2.05) is 12.1 Å². The minimum atomic E-state index is 0.496. The summed E-state index contributed by atoms with van der Waals surface area (Å²) in [7, 11) is 0. The molecule has 1 fully saturated rings. The van der Waals surface area contributed by atoms with E-state index < -0.39 is 0 Å². The topological polar surface area (TPSA) is 52.0 Å². The van der Waals surface area contributed by atoms with Crippen LogP contribution in [0.15, 0.2) is 18.3 Å². The molecule has 0 amide bonds. The maximum Gasteiger partial charge on any atom is 0.142 e. The van der Waals surface area contributed by atoms with Gasteiger partial charge in [0.05, 0.1) is 0 Å². The molecule has 0 radical (unpaired) electrons. The molecule has 0 aliphatic carbocycles. The van der Waals surface area contributed by atoms with Gasteiger partial charge in [0.15, 0.2) is 0 Å². The summed E-state index contributed by atoms with van der Waals surface area (Å²) in [6, 6.07) is 6.57. The minimum Gasteiger partial charge on any atom is -0.370 e. The summed E-state index contributed by atoms with van der Waals surface area (Å²) >= 11 is 0. The van der Waals surface area contributed by atoms with Crippen molar-refractivity contribution in [3.63, 3.8) is 0 Å². The van der Waals surface area contributed by atoms with Crippen LogP contribution in [0.4, 0.5) is 5.69 Å². The molecule has 102 valence electrons. The van der Waals surface area contributed by atoms with Crippen LogP contribution < -0.4 is 10.2 Å². The predicted molar refractivity (Wildman–Crippen MR) is 77.1 cm³/mol. The smallest absolute Gasteiger partial charge is 0.142 e. The largest absolute Gasteiger partial charge is 0.370 e. The number of nitriles is 1. The fourth-order valence-electron chi connectivity index (χ4n) is 2.62. The molecule has 1 atom stereocenters. The Labute approximate surface area is 115 Å². The van der Waals surface area contributed by atoms with Gasteiger partial charge in [0, 0.05) is 31.0 Å². The van der Waals surface area contributed by atoms with Crippen LogP contribution in [0.3, 0.4) is 0 Å². The van der Waals surface area contributed by atoms with Crippen LogP contribution in [0.25, 0.3) is 0 Å². The lowest BCUT2D eigenvalue weighted by Gasteiger charge is -2.32. The molecule has 1 N–H and O–H groups in total. The third-order valence-corrected chi connectivity index (χ3v) is 3.57. The highest BCUT2D eigenvalue weighted by molar-refractivity contribution is 5.48. The van der Waals surface area contributed by atoms with Gasteiger partial charge in [0.1, 0.15) is 11.8 Å². The molecule has 1 aromatic rings. The average molecular weight is 258 g/mol. The van der Waals surface area contributed by atoms with Crippen molar-refractivity contribution in [1.29, 1.82) is 5.26 Å². The van der Waals surface area contributed by atoms with Gasteiger partial charge in [-0.2, -0.15) is 5.26 Å². The fourth-order valence-corrected chi connectivity index (χ4v) is 2.62. The van der Waals surface area contributed by atoms with Gasteiger partial charge in [0.2, 0.25) is 0 Å². The van der Waals surface area contributed by atoms with E-state index in [1.54, 1.807) is 6.20 Å². The predicted octanol–water partition coefficient (Wildman–Crippen LogP) is 2.31. The highest BCUT2D eigenvalue weighted by atomic mass is 15.2. The summed E-state index contributed by atoms with van der Waals surface area (Å²) in [4.78, 5) is 6.41. The van der Waals surface area contributed by atoms with Crippen molar-refractivity contribution in [2.45, 2.75) is 38.6 Å². The molecule has 0 spiro atoms. The van der Waals surface area contributed by atoms with Crippen LogP contribution in [-0.2, 0) is 0 Å². The Morgan fingerprint density at radius 3 is 3.11 bits per heavy atom. The molecule has 1 aliphatic rings. The Balaban J connectivity index is 2.07. The van der Waals surface area contributed by atoms with Crippen molar-refractivity contribution in [2.75, 3.05) is 24.5 Å². The molecule has 1 aromatic heterocycles. The normalized spacial score (nSPS) is 18.8. The molecule has 0 bridgehead atoms. The van der Waals surface area contributed by atoms with Crippen LogP contribution in [0.5, 0.6) is 0 Å². The Morgan fingerprint density at radius 2 is 2.42 bits per heavy atom. The van der Waals surface area contributed by atoms with E-state index >= 15 is 0 Å². The van der Waals surface area contributed by atoms with Crippen molar-refractivity contribution in [2.24, 2.45) is 0 Å². The van der Waals surface area contributed by atoms with E-state index in [2.05, 4.69) is 28.2 Å². The number of hydrogen-bond acceptors (Lipinski definition) is 4. The van der Waals surface area contributed by atoms with E-state index in [0.29, 0.717) is 11.7 Å². The highest BCUT2D eigenvalue weighted by Gasteiger charge is 2.16. The Hall–Kier alpha value is -1.60. The molecule has 0 aromatic carbocycles. The quantitative estimate of drug-likeness (QED) is 0.880. The van der Waals surface area contributed by atoms with E-state index in [4.69, 9.17) is 5.26 Å². The van der Waals surface area contributed by atoms with Gasteiger partial charge in [0.25, 0.3) is 0 Å². The molecule has 1 aliphatic heterocycles. The SMILES string of the molecule is CCCN(CC1CCCCN1)c1ccnc(C#N)c1. The summed E-state index contributed by atoms with van der Waals surface area (Å²) in [5.74, 6) is 0. The molecule has 2 heterocycles. The lowest BCUT2D eigenvalue weighted by Crippen LogP contribution is -2.44. The maximum atomic E-state index is 8.95. The number of anilines is 1. The van der Waals surface area contributed by atoms with Crippen LogP contribution >= 0.6 is 0 Å². The van der Waals surface area contributed by atoms with Gasteiger partial charge in [-0.1, -0.05) is 13.3 Å². The number of hydrogen-bond donors (Lipinski definition) is 1. The molecular weight excluding hydrogens is 236 g/mol. The number of piperidine rings is 1. The van der Waals surface area contributed by atoms with Crippen LogP contribution in [0, 0.1) is 11.3 Å². The summed E-state index contributed by atoms with van der Waals surface area (Å²) in [6.07, 6.45) is 6.69. The molecule has 4 heteroatoms. The van der Waals surface area contributed by atoms with Crippen LogP contribution in [-0.4, -0.2) is 30.7 Å². The number of rotatable bonds is 5. The fraction of sp³-hybridized carbons (Fsp3) is 0.600. The van der Waals surface area contributed by atoms with Crippen LogP contribution in [0.2, 0.25) is 0 Å². The minimum absolute atomic E-state index is 0.496. The summed E-state index contributed by atoms with van der Waals surface area (Å²) in [5.41, 5.74) is 1.61. The lowest BCUT2D eigenvalue weighted by atomic mass is 10.0. The van der Waals surface area contributed by atoms with Gasteiger partial charge in [-0.3, -0.25) is 0 Å². The second-order valence-electron chi connectivity index (χ2n) is 5.10. The molecule has 0 saturated carbocycles. The summed E-state index contributed by atoms with van der Waals surface area (Å²) in [5, 5.41) is 12.5. The molecule has 19 heavy (non-hydrogen) atoms. The number of nitrogens with one attached hydrogen (secondary N) is 1. The third kappa shape index (κ3) is 3.93. The second-order valence-corrected chi connectivity index (χ2v) is 5.10. The zero-order valence-corrected chi connectivity index (χ0v) is 11.6. The number of aromatic nitrogens is 1. The van der Waals surface area contributed by atoms with Gasteiger partial charge >= 0.3 is 0 Å². The first kappa shape index (κ1) is 13.8. The highest BCUT2D eigenvalue weighted by Crippen LogP contribution is 2.17. The molecule has 4 nitrogen and oxygen atoms in total. The van der Waals surface area contributed by atoms with E-state index in [-0.39, 0.29) is 0 Å². The van der Waals surface area contributed by atoms with Crippen LogP contribution in [0.1, 0.15) is 38.3 Å². The van der Waals surface area contributed by atoms with E-state index in [9.17, 15) is 0 Å². The zero-order valence-electron chi connectivity index (χ0n) is 11.6. The van der Waals surface area contributed by atoms with Crippen molar-refractivity contribution in [3.8, 4) is 6.07 Å².